The molecule has 0 aliphatic heterocycles. The van der Waals surface area contributed by atoms with Crippen LogP contribution in [0.1, 0.15) is 0 Å². The van der Waals surface area contributed by atoms with Crippen LogP contribution in [-0.4, -0.2) is 34.4 Å². The average molecular weight is 376 g/mol. The van der Waals surface area contributed by atoms with E-state index in [1.54, 1.807) is 12.3 Å². The molecule has 25 heavy (non-hydrogen) atoms. The summed E-state index contributed by atoms with van der Waals surface area (Å²) in [4.78, 5) is 8.05. The van der Waals surface area contributed by atoms with Crippen LogP contribution in [0.4, 0.5) is 11.5 Å². The molecule has 0 aliphatic carbocycles. The van der Waals surface area contributed by atoms with Crippen LogP contribution < -0.4 is 5.32 Å². The largest absolute Gasteiger partial charge is 0.360 e. The van der Waals surface area contributed by atoms with Gasteiger partial charge in [0.2, 0.25) is 5.28 Å². The van der Waals surface area contributed by atoms with E-state index in [0.717, 1.165) is 29.2 Å². The van der Waals surface area contributed by atoms with E-state index in [-0.39, 0.29) is 5.28 Å². The SMILES string of the molecule is C[Si](C)(C)CCOCn1cc2c(Nc3ccnc(Cl)n3)cccc2n1. The Morgan fingerprint density at radius 2 is 2.08 bits per heavy atom. The number of nitrogens with one attached hydrogen (secondary N) is 1. The molecular weight excluding hydrogens is 354 g/mol. The first-order valence-electron chi connectivity index (χ1n) is 8.20. The van der Waals surface area contributed by atoms with Gasteiger partial charge < -0.3 is 10.1 Å². The van der Waals surface area contributed by atoms with Crippen molar-refractivity contribution in [3.63, 3.8) is 0 Å². The molecule has 1 aromatic carbocycles. The number of hydrogen-bond acceptors (Lipinski definition) is 5. The highest BCUT2D eigenvalue weighted by Crippen LogP contribution is 2.25. The quantitative estimate of drug-likeness (QED) is 0.373. The predicted molar refractivity (Wildman–Crippen MR) is 104 cm³/mol. The van der Waals surface area contributed by atoms with Gasteiger partial charge in [-0.3, -0.25) is 0 Å². The molecule has 0 bridgehead atoms. The molecule has 2 heterocycles. The van der Waals surface area contributed by atoms with E-state index in [0.29, 0.717) is 12.5 Å². The molecule has 0 saturated heterocycles. The smallest absolute Gasteiger partial charge is 0.224 e. The highest BCUT2D eigenvalue weighted by atomic mass is 35.5. The predicted octanol–water partition coefficient (Wildman–Crippen LogP) is 4.54. The van der Waals surface area contributed by atoms with Gasteiger partial charge in [-0.05, 0) is 35.8 Å². The number of fused-ring (bicyclic) bond motifs is 1. The third kappa shape index (κ3) is 5.01. The zero-order valence-corrected chi connectivity index (χ0v) is 16.4. The molecule has 8 heteroatoms. The number of hydrogen-bond donors (Lipinski definition) is 1. The fourth-order valence-electron chi connectivity index (χ4n) is 2.35. The highest BCUT2D eigenvalue weighted by molar-refractivity contribution is 6.76. The van der Waals surface area contributed by atoms with Gasteiger partial charge in [0, 0.05) is 32.5 Å². The van der Waals surface area contributed by atoms with Crippen molar-refractivity contribution in [2.24, 2.45) is 0 Å². The van der Waals surface area contributed by atoms with Gasteiger partial charge in [0.25, 0.3) is 0 Å². The van der Waals surface area contributed by atoms with E-state index in [4.69, 9.17) is 16.3 Å². The van der Waals surface area contributed by atoms with Crippen molar-refractivity contribution in [3.8, 4) is 0 Å². The molecule has 132 valence electrons. The van der Waals surface area contributed by atoms with Gasteiger partial charge in [-0.15, -0.1) is 0 Å². The van der Waals surface area contributed by atoms with Crippen molar-refractivity contribution in [1.29, 1.82) is 0 Å². The summed E-state index contributed by atoms with van der Waals surface area (Å²) >= 11 is 5.84. The Bertz CT molecular complexity index is 862. The number of anilines is 2. The summed E-state index contributed by atoms with van der Waals surface area (Å²) in [6.45, 7) is 8.26. The maximum Gasteiger partial charge on any atom is 0.224 e. The molecule has 3 rings (SSSR count). The highest BCUT2D eigenvalue weighted by Gasteiger charge is 2.12. The zero-order chi connectivity index (χ0) is 17.9. The number of aromatic nitrogens is 4. The Balaban J connectivity index is 1.72. The van der Waals surface area contributed by atoms with E-state index in [9.17, 15) is 0 Å². The average Bonchev–Trinajstić information content (AvgIpc) is 2.95. The fourth-order valence-corrected chi connectivity index (χ4v) is 3.25. The molecule has 2 aromatic heterocycles. The van der Waals surface area contributed by atoms with Crippen LogP contribution in [0.15, 0.2) is 36.7 Å². The topological polar surface area (TPSA) is 64.9 Å². The van der Waals surface area contributed by atoms with E-state index in [1.165, 1.54) is 0 Å². The second kappa shape index (κ2) is 7.51. The lowest BCUT2D eigenvalue weighted by Crippen LogP contribution is -2.22. The van der Waals surface area contributed by atoms with Gasteiger partial charge in [0.1, 0.15) is 12.5 Å². The minimum Gasteiger partial charge on any atom is -0.360 e. The molecule has 0 aliphatic rings. The number of halogens is 1. The fraction of sp³-hybridized carbons (Fsp3) is 0.353. The van der Waals surface area contributed by atoms with Crippen LogP contribution in [0.2, 0.25) is 31.0 Å². The molecule has 6 nitrogen and oxygen atoms in total. The first-order chi connectivity index (χ1) is 11.9. The van der Waals surface area contributed by atoms with Crippen molar-refractivity contribution < 1.29 is 4.74 Å². The van der Waals surface area contributed by atoms with Crippen molar-refractivity contribution in [3.05, 3.63) is 41.9 Å². The summed E-state index contributed by atoms with van der Waals surface area (Å²) in [5.74, 6) is 0.645. The summed E-state index contributed by atoms with van der Waals surface area (Å²) in [5.41, 5.74) is 1.82. The molecule has 0 fully saturated rings. The molecule has 0 spiro atoms. The Morgan fingerprint density at radius 3 is 2.84 bits per heavy atom. The normalized spacial score (nSPS) is 11.8. The molecule has 0 atom stereocenters. The summed E-state index contributed by atoms with van der Waals surface area (Å²) in [7, 11) is -1.07. The molecule has 0 amide bonds. The van der Waals surface area contributed by atoms with E-state index in [2.05, 4.69) is 40.0 Å². The molecule has 3 aromatic rings. The second-order valence-corrected chi connectivity index (χ2v) is 13.1. The lowest BCUT2D eigenvalue weighted by Gasteiger charge is -2.15. The molecule has 0 saturated carbocycles. The lowest BCUT2D eigenvalue weighted by molar-refractivity contribution is 0.0791. The molecule has 0 radical (unpaired) electrons. The molecule has 0 unspecified atom stereocenters. The van der Waals surface area contributed by atoms with Crippen LogP contribution in [0.25, 0.3) is 10.9 Å². The van der Waals surface area contributed by atoms with Crippen molar-refractivity contribution in [2.45, 2.75) is 32.4 Å². The Kier molecular flexibility index (Phi) is 5.36. The van der Waals surface area contributed by atoms with Crippen LogP contribution in [-0.2, 0) is 11.5 Å². The van der Waals surface area contributed by atoms with Crippen LogP contribution in [0, 0.1) is 0 Å². The number of nitrogens with zero attached hydrogens (tertiary/aromatic N) is 4. The van der Waals surface area contributed by atoms with Crippen LogP contribution in [0.5, 0.6) is 0 Å². The third-order valence-electron chi connectivity index (χ3n) is 3.71. The Hall–Kier alpha value is -1.96. The van der Waals surface area contributed by atoms with Gasteiger partial charge in [-0.25, -0.2) is 14.6 Å². The van der Waals surface area contributed by atoms with Crippen LogP contribution >= 0.6 is 11.6 Å². The van der Waals surface area contributed by atoms with Gasteiger partial charge in [0.15, 0.2) is 0 Å². The Morgan fingerprint density at radius 1 is 1.24 bits per heavy atom. The van der Waals surface area contributed by atoms with Crippen molar-refractivity contribution >= 4 is 42.1 Å². The van der Waals surface area contributed by atoms with E-state index >= 15 is 0 Å². The first kappa shape index (κ1) is 17.8. The Labute approximate surface area is 153 Å². The molecular formula is C17H22ClN5OSi. The first-order valence-corrected chi connectivity index (χ1v) is 12.3. The van der Waals surface area contributed by atoms with E-state index in [1.807, 2.05) is 29.1 Å². The van der Waals surface area contributed by atoms with E-state index < -0.39 is 8.07 Å². The van der Waals surface area contributed by atoms with Gasteiger partial charge in [-0.2, -0.15) is 5.10 Å². The van der Waals surface area contributed by atoms with Crippen molar-refractivity contribution in [2.75, 3.05) is 11.9 Å². The third-order valence-corrected chi connectivity index (χ3v) is 5.59. The van der Waals surface area contributed by atoms with Crippen molar-refractivity contribution in [1.82, 2.24) is 19.7 Å². The number of ether oxygens (including phenoxy) is 1. The van der Waals surface area contributed by atoms with Crippen LogP contribution in [0.3, 0.4) is 0 Å². The standard InChI is InChI=1S/C17H22ClN5OSi/c1-25(2,3)10-9-24-12-23-11-13-14(5-4-6-15(13)22-23)20-16-7-8-19-17(18)21-16/h4-8,11H,9-10,12H2,1-3H3,(H,19,20,21). The monoisotopic (exact) mass is 375 g/mol. The maximum atomic E-state index is 5.84. The summed E-state index contributed by atoms with van der Waals surface area (Å²) in [6.07, 6.45) is 3.60. The minimum atomic E-state index is -1.07. The van der Waals surface area contributed by atoms with Gasteiger partial charge in [-0.1, -0.05) is 25.7 Å². The lowest BCUT2D eigenvalue weighted by atomic mass is 10.2. The summed E-state index contributed by atoms with van der Waals surface area (Å²) in [6, 6.07) is 8.84. The second-order valence-electron chi connectivity index (χ2n) is 7.09. The zero-order valence-electron chi connectivity index (χ0n) is 14.7. The molecule has 1 N–H and O–H groups in total. The summed E-state index contributed by atoms with van der Waals surface area (Å²) < 4.78 is 7.60. The summed E-state index contributed by atoms with van der Waals surface area (Å²) in [5, 5.41) is 9.05. The van der Waals surface area contributed by atoms with Gasteiger partial charge >= 0.3 is 0 Å². The minimum absolute atomic E-state index is 0.212. The number of benzene rings is 1. The maximum absolute atomic E-state index is 5.84. The number of rotatable bonds is 7. The van der Waals surface area contributed by atoms with Gasteiger partial charge in [0.05, 0.1) is 11.2 Å².